The molecule has 150 valence electrons. The third-order valence-corrected chi connectivity index (χ3v) is 5.59. The lowest BCUT2D eigenvalue weighted by molar-refractivity contribution is 0.299. The van der Waals surface area contributed by atoms with Gasteiger partial charge in [0.05, 0.1) is 11.4 Å². The van der Waals surface area contributed by atoms with Crippen LogP contribution >= 0.6 is 0 Å². The highest BCUT2D eigenvalue weighted by Crippen LogP contribution is 2.42. The van der Waals surface area contributed by atoms with Crippen LogP contribution in [0.5, 0.6) is 5.75 Å². The van der Waals surface area contributed by atoms with Gasteiger partial charge in [-0.25, -0.2) is 4.68 Å². The van der Waals surface area contributed by atoms with Gasteiger partial charge < -0.3 is 10.1 Å². The smallest absolute Gasteiger partial charge is 0.150 e. The lowest BCUT2D eigenvalue weighted by Gasteiger charge is -2.31. The van der Waals surface area contributed by atoms with E-state index in [1.165, 1.54) is 16.7 Å². The molecule has 1 aromatic heterocycles. The van der Waals surface area contributed by atoms with Gasteiger partial charge >= 0.3 is 0 Å². The van der Waals surface area contributed by atoms with Crippen molar-refractivity contribution >= 4 is 5.69 Å². The van der Waals surface area contributed by atoms with Crippen LogP contribution in [0.25, 0.3) is 11.3 Å². The summed E-state index contributed by atoms with van der Waals surface area (Å²) >= 11 is 0. The van der Waals surface area contributed by atoms with E-state index in [1.54, 1.807) is 0 Å². The largest absolute Gasteiger partial charge is 0.488 e. The molecule has 4 heteroatoms. The molecule has 1 aliphatic heterocycles. The van der Waals surface area contributed by atoms with Gasteiger partial charge in [0.15, 0.2) is 6.17 Å². The molecule has 0 saturated heterocycles. The molecule has 0 fully saturated rings. The SMILES string of the molecule is Cc1cc(C)c2c(c1)-c1cc(C)nn1C(c1ccccc1OCc1ccccc1)N2. The van der Waals surface area contributed by atoms with Gasteiger partial charge in [0.2, 0.25) is 0 Å². The zero-order valence-electron chi connectivity index (χ0n) is 17.5. The third-order valence-electron chi connectivity index (χ3n) is 5.59. The van der Waals surface area contributed by atoms with Gasteiger partial charge in [-0.2, -0.15) is 5.10 Å². The Hall–Kier alpha value is -3.53. The molecule has 0 spiro atoms. The van der Waals surface area contributed by atoms with Crippen molar-refractivity contribution in [2.45, 2.75) is 33.5 Å². The van der Waals surface area contributed by atoms with E-state index in [9.17, 15) is 0 Å². The van der Waals surface area contributed by atoms with Gasteiger partial charge in [0.25, 0.3) is 0 Å². The van der Waals surface area contributed by atoms with Gasteiger partial charge in [-0.3, -0.25) is 0 Å². The number of hydrogen-bond acceptors (Lipinski definition) is 3. The van der Waals surface area contributed by atoms with Crippen molar-refractivity contribution < 1.29 is 4.74 Å². The molecule has 2 heterocycles. The monoisotopic (exact) mass is 395 g/mol. The molecule has 3 aromatic carbocycles. The van der Waals surface area contributed by atoms with Crippen LogP contribution < -0.4 is 10.1 Å². The number of para-hydroxylation sites is 1. The zero-order valence-corrected chi connectivity index (χ0v) is 17.5. The van der Waals surface area contributed by atoms with Crippen LogP contribution in [0.15, 0.2) is 72.8 Å². The second kappa shape index (κ2) is 7.38. The minimum atomic E-state index is -0.130. The van der Waals surface area contributed by atoms with E-state index in [4.69, 9.17) is 9.84 Å². The molecule has 1 N–H and O–H groups in total. The summed E-state index contributed by atoms with van der Waals surface area (Å²) in [7, 11) is 0. The average Bonchev–Trinajstić information content (AvgIpc) is 3.15. The minimum absolute atomic E-state index is 0.130. The van der Waals surface area contributed by atoms with Crippen molar-refractivity contribution in [3.8, 4) is 17.0 Å². The van der Waals surface area contributed by atoms with Crippen molar-refractivity contribution in [3.05, 3.63) is 101 Å². The van der Waals surface area contributed by atoms with Gasteiger partial charge in [-0.15, -0.1) is 0 Å². The highest BCUT2D eigenvalue weighted by Gasteiger charge is 2.29. The first-order valence-electron chi connectivity index (χ1n) is 10.3. The Bertz CT molecular complexity index is 1210. The maximum atomic E-state index is 6.25. The standard InChI is InChI=1S/C26H25N3O/c1-17-13-18(2)25-22(14-17)23-15-19(3)28-29(23)26(27-25)21-11-7-8-12-24(21)30-16-20-9-5-4-6-10-20/h4-15,26-27H,16H2,1-3H3. The zero-order chi connectivity index (χ0) is 20.7. The van der Waals surface area contributed by atoms with Crippen LogP contribution in [-0.4, -0.2) is 9.78 Å². The Balaban J connectivity index is 1.57. The number of nitrogens with zero attached hydrogens (tertiary/aromatic N) is 2. The summed E-state index contributed by atoms with van der Waals surface area (Å²) in [6.07, 6.45) is -0.130. The normalized spacial score (nSPS) is 14.6. The summed E-state index contributed by atoms with van der Waals surface area (Å²) in [6.45, 7) is 6.87. The molecule has 4 nitrogen and oxygen atoms in total. The van der Waals surface area contributed by atoms with Crippen LogP contribution in [0.2, 0.25) is 0 Å². The number of ether oxygens (including phenoxy) is 1. The first kappa shape index (κ1) is 18.5. The van der Waals surface area contributed by atoms with Gasteiger partial charge in [-0.05, 0) is 50.1 Å². The second-order valence-electron chi connectivity index (χ2n) is 7.98. The van der Waals surface area contributed by atoms with Crippen molar-refractivity contribution in [1.29, 1.82) is 0 Å². The fourth-order valence-electron chi connectivity index (χ4n) is 4.26. The van der Waals surface area contributed by atoms with E-state index in [0.717, 1.165) is 34.0 Å². The van der Waals surface area contributed by atoms with Crippen LogP contribution in [-0.2, 0) is 6.61 Å². The molecular weight excluding hydrogens is 370 g/mol. The molecule has 0 amide bonds. The Morgan fingerprint density at radius 2 is 1.70 bits per heavy atom. The van der Waals surface area contributed by atoms with Gasteiger partial charge in [-0.1, -0.05) is 60.2 Å². The van der Waals surface area contributed by atoms with Gasteiger partial charge in [0, 0.05) is 16.8 Å². The number of aromatic nitrogens is 2. The van der Waals surface area contributed by atoms with Gasteiger partial charge in [0.1, 0.15) is 12.4 Å². The first-order chi connectivity index (χ1) is 14.6. The molecular formula is C26H25N3O. The lowest BCUT2D eigenvalue weighted by atomic mass is 9.98. The highest BCUT2D eigenvalue weighted by atomic mass is 16.5. The summed E-state index contributed by atoms with van der Waals surface area (Å²) in [4.78, 5) is 0. The molecule has 1 unspecified atom stereocenters. The minimum Gasteiger partial charge on any atom is -0.488 e. The van der Waals surface area contributed by atoms with Crippen LogP contribution in [0.4, 0.5) is 5.69 Å². The fraction of sp³-hybridized carbons (Fsp3) is 0.192. The van der Waals surface area contributed by atoms with Crippen LogP contribution in [0, 0.1) is 20.8 Å². The number of nitrogens with one attached hydrogen (secondary N) is 1. The van der Waals surface area contributed by atoms with Crippen molar-refractivity contribution in [1.82, 2.24) is 9.78 Å². The predicted octanol–water partition coefficient (Wildman–Crippen LogP) is 6.03. The predicted molar refractivity (Wildman–Crippen MR) is 121 cm³/mol. The van der Waals surface area contributed by atoms with E-state index in [2.05, 4.69) is 66.3 Å². The van der Waals surface area contributed by atoms with Crippen molar-refractivity contribution in [2.24, 2.45) is 0 Å². The number of benzene rings is 3. The van der Waals surface area contributed by atoms with E-state index in [-0.39, 0.29) is 6.17 Å². The molecule has 1 aliphatic rings. The number of rotatable bonds is 4. The summed E-state index contributed by atoms with van der Waals surface area (Å²) < 4.78 is 8.34. The maximum Gasteiger partial charge on any atom is 0.150 e. The summed E-state index contributed by atoms with van der Waals surface area (Å²) in [5.74, 6) is 0.867. The first-order valence-corrected chi connectivity index (χ1v) is 10.3. The van der Waals surface area contributed by atoms with Crippen molar-refractivity contribution in [2.75, 3.05) is 5.32 Å². The fourth-order valence-corrected chi connectivity index (χ4v) is 4.26. The third kappa shape index (κ3) is 3.24. The lowest BCUT2D eigenvalue weighted by Crippen LogP contribution is -2.26. The summed E-state index contributed by atoms with van der Waals surface area (Å²) in [6, 6.07) is 25.1. The summed E-state index contributed by atoms with van der Waals surface area (Å²) in [5.41, 5.74) is 9.22. The topological polar surface area (TPSA) is 39.1 Å². The van der Waals surface area contributed by atoms with E-state index < -0.39 is 0 Å². The number of hydrogen-bond donors (Lipinski definition) is 1. The second-order valence-corrected chi connectivity index (χ2v) is 7.98. The quantitative estimate of drug-likeness (QED) is 0.459. The average molecular weight is 396 g/mol. The molecule has 30 heavy (non-hydrogen) atoms. The molecule has 0 aliphatic carbocycles. The Morgan fingerprint density at radius 3 is 2.53 bits per heavy atom. The van der Waals surface area contributed by atoms with E-state index in [1.807, 2.05) is 37.3 Å². The van der Waals surface area contributed by atoms with Crippen molar-refractivity contribution in [3.63, 3.8) is 0 Å². The Labute approximate surface area is 177 Å². The number of fused-ring (bicyclic) bond motifs is 3. The Kier molecular flexibility index (Phi) is 4.55. The molecule has 0 bridgehead atoms. The van der Waals surface area contributed by atoms with E-state index in [0.29, 0.717) is 6.61 Å². The maximum absolute atomic E-state index is 6.25. The molecule has 0 saturated carbocycles. The van der Waals surface area contributed by atoms with Crippen LogP contribution in [0.1, 0.15) is 34.1 Å². The molecule has 1 atom stereocenters. The highest BCUT2D eigenvalue weighted by molar-refractivity contribution is 5.82. The van der Waals surface area contributed by atoms with Crippen LogP contribution in [0.3, 0.4) is 0 Å². The molecule has 5 rings (SSSR count). The van der Waals surface area contributed by atoms with E-state index >= 15 is 0 Å². The summed E-state index contributed by atoms with van der Waals surface area (Å²) in [5, 5.41) is 8.56. The molecule has 4 aromatic rings. The molecule has 0 radical (unpaired) electrons. The number of anilines is 1. The number of aryl methyl sites for hydroxylation is 3. The Morgan fingerprint density at radius 1 is 0.933 bits per heavy atom.